The number of carbonyl (C=O) groups is 2. The second-order valence-corrected chi connectivity index (χ2v) is 6.82. The molecule has 1 fully saturated rings. The van der Waals surface area contributed by atoms with Gasteiger partial charge in [-0.3, -0.25) is 15.2 Å². The SMILES string of the molecule is O=C(O)NC(CC1CCCCC1)C(=O)Nc1n[nH]c(=S)s1. The smallest absolute Gasteiger partial charge is 0.405 e. The fourth-order valence-corrected chi connectivity index (χ4v) is 3.40. The summed E-state index contributed by atoms with van der Waals surface area (Å²) in [6.07, 6.45) is 4.93. The van der Waals surface area contributed by atoms with Crippen molar-refractivity contribution >= 4 is 40.7 Å². The van der Waals surface area contributed by atoms with E-state index >= 15 is 0 Å². The second-order valence-electron chi connectivity index (χ2n) is 5.15. The molecule has 21 heavy (non-hydrogen) atoms. The van der Waals surface area contributed by atoms with Crippen LogP contribution >= 0.6 is 23.6 Å². The summed E-state index contributed by atoms with van der Waals surface area (Å²) in [6, 6.07) is -0.761. The Balaban J connectivity index is 1.98. The Bertz CT molecular complexity index is 551. The Kier molecular flexibility index (Phi) is 5.68. The Morgan fingerprint density at radius 2 is 2.14 bits per heavy atom. The van der Waals surface area contributed by atoms with Crippen molar-refractivity contribution in [2.75, 3.05) is 5.32 Å². The highest BCUT2D eigenvalue weighted by Gasteiger charge is 2.26. The van der Waals surface area contributed by atoms with Gasteiger partial charge in [0.1, 0.15) is 6.04 Å². The van der Waals surface area contributed by atoms with Crippen LogP contribution in [0.2, 0.25) is 0 Å². The van der Waals surface area contributed by atoms with Gasteiger partial charge >= 0.3 is 6.09 Å². The molecule has 2 amide bonds. The lowest BCUT2D eigenvalue weighted by atomic mass is 9.84. The molecular formula is C12H18N4O3S2. The van der Waals surface area contributed by atoms with E-state index in [4.69, 9.17) is 17.3 Å². The summed E-state index contributed by atoms with van der Waals surface area (Å²) >= 11 is 6.03. The monoisotopic (exact) mass is 330 g/mol. The maximum absolute atomic E-state index is 12.2. The van der Waals surface area contributed by atoms with Gasteiger partial charge < -0.3 is 10.4 Å². The van der Waals surface area contributed by atoms with Crippen LogP contribution in [0.4, 0.5) is 9.93 Å². The van der Waals surface area contributed by atoms with Gasteiger partial charge in [0.15, 0.2) is 3.95 Å². The number of nitrogens with one attached hydrogen (secondary N) is 3. The fraction of sp³-hybridized carbons (Fsp3) is 0.667. The first kappa shape index (κ1) is 15.9. The van der Waals surface area contributed by atoms with E-state index in [1.165, 1.54) is 6.42 Å². The molecule has 2 rings (SSSR count). The second kappa shape index (κ2) is 7.51. The Morgan fingerprint density at radius 1 is 1.43 bits per heavy atom. The quantitative estimate of drug-likeness (QED) is 0.621. The largest absolute Gasteiger partial charge is 0.465 e. The van der Waals surface area contributed by atoms with Gasteiger partial charge in [-0.15, -0.1) is 5.10 Å². The molecule has 4 N–H and O–H groups in total. The molecule has 1 aliphatic rings. The molecule has 9 heteroatoms. The molecule has 1 unspecified atom stereocenters. The van der Waals surface area contributed by atoms with Gasteiger partial charge in [0, 0.05) is 0 Å². The van der Waals surface area contributed by atoms with Gasteiger partial charge in [-0.25, -0.2) is 4.79 Å². The van der Waals surface area contributed by atoms with Crippen LogP contribution in [-0.2, 0) is 4.79 Å². The van der Waals surface area contributed by atoms with Crippen molar-refractivity contribution in [3.63, 3.8) is 0 Å². The number of carbonyl (C=O) groups excluding carboxylic acids is 1. The number of H-pyrrole nitrogens is 1. The molecule has 1 heterocycles. The van der Waals surface area contributed by atoms with Crippen molar-refractivity contribution < 1.29 is 14.7 Å². The predicted octanol–water partition coefficient (Wildman–Crippen LogP) is 2.75. The number of aromatic nitrogens is 2. The average Bonchev–Trinajstić information content (AvgIpc) is 2.84. The lowest BCUT2D eigenvalue weighted by molar-refractivity contribution is -0.118. The number of hydrogen-bond acceptors (Lipinski definition) is 5. The summed E-state index contributed by atoms with van der Waals surface area (Å²) in [4.78, 5) is 23.1. The van der Waals surface area contributed by atoms with Crippen molar-refractivity contribution in [1.82, 2.24) is 15.5 Å². The molecule has 1 saturated carbocycles. The van der Waals surface area contributed by atoms with Crippen molar-refractivity contribution in [2.45, 2.75) is 44.6 Å². The van der Waals surface area contributed by atoms with E-state index in [1.54, 1.807) is 0 Å². The number of carboxylic acid groups (broad SMARTS) is 1. The number of amides is 2. The third-order valence-electron chi connectivity index (χ3n) is 3.58. The molecule has 0 bridgehead atoms. The van der Waals surface area contributed by atoms with E-state index < -0.39 is 12.1 Å². The summed E-state index contributed by atoms with van der Waals surface area (Å²) < 4.78 is 0.459. The van der Waals surface area contributed by atoms with Crippen molar-refractivity contribution in [3.05, 3.63) is 3.95 Å². The first-order chi connectivity index (χ1) is 10.0. The van der Waals surface area contributed by atoms with Crippen LogP contribution in [0.5, 0.6) is 0 Å². The fourth-order valence-electron chi connectivity index (χ4n) is 2.61. The lowest BCUT2D eigenvalue weighted by Gasteiger charge is -2.25. The van der Waals surface area contributed by atoms with Crippen LogP contribution in [0.1, 0.15) is 38.5 Å². The van der Waals surface area contributed by atoms with Gasteiger partial charge in [-0.1, -0.05) is 43.4 Å². The summed E-state index contributed by atoms with van der Waals surface area (Å²) in [6.45, 7) is 0. The minimum absolute atomic E-state index is 0.353. The molecule has 0 aliphatic heterocycles. The van der Waals surface area contributed by atoms with E-state index in [0.29, 0.717) is 21.4 Å². The molecule has 1 aromatic rings. The number of anilines is 1. The summed E-state index contributed by atoms with van der Waals surface area (Å²) in [7, 11) is 0. The number of nitrogens with zero attached hydrogens (tertiary/aromatic N) is 1. The van der Waals surface area contributed by atoms with E-state index in [-0.39, 0.29) is 5.91 Å². The number of aromatic amines is 1. The van der Waals surface area contributed by atoms with Gasteiger partial charge in [0.25, 0.3) is 0 Å². The molecule has 0 radical (unpaired) electrons. The minimum Gasteiger partial charge on any atom is -0.465 e. The van der Waals surface area contributed by atoms with Crippen LogP contribution in [0, 0.1) is 9.87 Å². The molecule has 1 aliphatic carbocycles. The van der Waals surface area contributed by atoms with Crippen molar-refractivity contribution in [3.8, 4) is 0 Å². The van der Waals surface area contributed by atoms with E-state index in [1.807, 2.05) is 0 Å². The zero-order chi connectivity index (χ0) is 15.2. The van der Waals surface area contributed by atoms with Gasteiger partial charge in [0.2, 0.25) is 11.0 Å². The van der Waals surface area contributed by atoms with E-state index in [0.717, 1.165) is 37.0 Å². The maximum atomic E-state index is 12.2. The standard InChI is InChI=1S/C12H18N4O3S2/c17-9(14-10-15-16-12(20)21-10)8(13-11(18)19)6-7-4-2-1-3-5-7/h7-8,13H,1-6H2,(H,16,20)(H,18,19)(H,14,15,17). The zero-order valence-corrected chi connectivity index (χ0v) is 13.1. The third kappa shape index (κ3) is 5.09. The van der Waals surface area contributed by atoms with Crippen LogP contribution in [-0.4, -0.2) is 33.3 Å². The zero-order valence-electron chi connectivity index (χ0n) is 11.4. The molecule has 0 spiro atoms. The molecule has 1 aromatic heterocycles. The van der Waals surface area contributed by atoms with E-state index in [2.05, 4.69) is 20.8 Å². The molecule has 1 atom stereocenters. The minimum atomic E-state index is -1.19. The highest BCUT2D eigenvalue weighted by atomic mass is 32.1. The van der Waals surface area contributed by atoms with Crippen LogP contribution in [0.3, 0.4) is 0 Å². The van der Waals surface area contributed by atoms with Crippen LogP contribution < -0.4 is 10.6 Å². The van der Waals surface area contributed by atoms with Crippen molar-refractivity contribution in [2.24, 2.45) is 5.92 Å². The van der Waals surface area contributed by atoms with Gasteiger partial charge in [-0.2, -0.15) is 0 Å². The summed E-state index contributed by atoms with van der Waals surface area (Å²) in [5.74, 6) is -0.000514. The van der Waals surface area contributed by atoms with Crippen LogP contribution in [0.15, 0.2) is 0 Å². The normalized spacial score (nSPS) is 17.1. The summed E-state index contributed by atoms with van der Waals surface area (Å²) in [5.41, 5.74) is 0. The number of hydrogen-bond donors (Lipinski definition) is 4. The first-order valence-electron chi connectivity index (χ1n) is 6.90. The van der Waals surface area contributed by atoms with Gasteiger partial charge in [0.05, 0.1) is 0 Å². The summed E-state index contributed by atoms with van der Waals surface area (Å²) in [5, 5.41) is 20.6. The third-order valence-corrected chi connectivity index (χ3v) is 4.58. The molecular weight excluding hydrogens is 312 g/mol. The first-order valence-corrected chi connectivity index (χ1v) is 8.13. The Labute approximate surface area is 131 Å². The predicted molar refractivity (Wildman–Crippen MR) is 82.1 cm³/mol. The van der Waals surface area contributed by atoms with Gasteiger partial charge in [-0.05, 0) is 24.6 Å². The molecule has 116 valence electrons. The maximum Gasteiger partial charge on any atom is 0.405 e. The lowest BCUT2D eigenvalue weighted by Crippen LogP contribution is -2.44. The highest BCUT2D eigenvalue weighted by molar-refractivity contribution is 7.73. The average molecular weight is 330 g/mol. The number of rotatable bonds is 5. The topological polar surface area (TPSA) is 107 Å². The van der Waals surface area contributed by atoms with E-state index in [9.17, 15) is 9.59 Å². The molecule has 7 nitrogen and oxygen atoms in total. The highest BCUT2D eigenvalue weighted by Crippen LogP contribution is 2.27. The molecule has 0 saturated heterocycles. The molecule has 0 aromatic carbocycles. The van der Waals surface area contributed by atoms with Crippen molar-refractivity contribution in [1.29, 1.82) is 0 Å². The Morgan fingerprint density at radius 3 is 2.71 bits per heavy atom. The van der Waals surface area contributed by atoms with Crippen LogP contribution in [0.25, 0.3) is 0 Å². The Hall–Kier alpha value is -1.48.